The van der Waals surface area contributed by atoms with Crippen LogP contribution in [0.15, 0.2) is 83.8 Å². The van der Waals surface area contributed by atoms with Crippen molar-refractivity contribution in [1.29, 1.82) is 0 Å². The lowest BCUT2D eigenvalue weighted by Gasteiger charge is -2.32. The van der Waals surface area contributed by atoms with E-state index in [0.717, 1.165) is 21.0 Å². The summed E-state index contributed by atoms with van der Waals surface area (Å²) >= 11 is 0. The number of nitrogens with one attached hydrogen (secondary N) is 1. The SMILES string of the molecule is CCc1ccccc1N(CC(=O)N(Cc1ccccc1C)C(C)C(=O)NC)S(=O)(=O)c1ccccc1. The average molecular weight is 508 g/mol. The second-order valence-electron chi connectivity index (χ2n) is 8.55. The molecular weight excluding hydrogens is 474 g/mol. The summed E-state index contributed by atoms with van der Waals surface area (Å²) in [4.78, 5) is 27.9. The van der Waals surface area contributed by atoms with Crippen LogP contribution in [0.25, 0.3) is 0 Å². The molecule has 190 valence electrons. The summed E-state index contributed by atoms with van der Waals surface area (Å²) in [6.45, 7) is 5.25. The van der Waals surface area contributed by atoms with Gasteiger partial charge in [-0.1, -0.05) is 67.6 Å². The van der Waals surface area contributed by atoms with Gasteiger partial charge in [0.1, 0.15) is 12.6 Å². The first-order valence-electron chi connectivity index (χ1n) is 11.9. The zero-order chi connectivity index (χ0) is 26.3. The molecule has 0 heterocycles. The third-order valence-corrected chi connectivity index (χ3v) is 8.04. The van der Waals surface area contributed by atoms with Crippen molar-refractivity contribution in [2.24, 2.45) is 0 Å². The summed E-state index contributed by atoms with van der Waals surface area (Å²) in [5.74, 6) is -0.803. The van der Waals surface area contributed by atoms with Crippen LogP contribution in [0.3, 0.4) is 0 Å². The molecule has 1 atom stereocenters. The van der Waals surface area contributed by atoms with Crippen LogP contribution < -0.4 is 9.62 Å². The van der Waals surface area contributed by atoms with Gasteiger partial charge in [-0.05, 0) is 55.2 Å². The molecule has 0 spiro atoms. The molecule has 0 saturated heterocycles. The number of sulfonamides is 1. The Balaban J connectivity index is 2.07. The van der Waals surface area contributed by atoms with E-state index in [0.29, 0.717) is 12.1 Å². The monoisotopic (exact) mass is 507 g/mol. The highest BCUT2D eigenvalue weighted by atomic mass is 32.2. The van der Waals surface area contributed by atoms with Crippen molar-refractivity contribution in [2.45, 2.75) is 44.7 Å². The Kier molecular flexibility index (Phi) is 8.88. The Bertz CT molecular complexity index is 1310. The normalized spacial score (nSPS) is 12.0. The van der Waals surface area contributed by atoms with Gasteiger partial charge in [0.15, 0.2) is 0 Å². The van der Waals surface area contributed by atoms with E-state index in [4.69, 9.17) is 0 Å². The molecule has 36 heavy (non-hydrogen) atoms. The van der Waals surface area contributed by atoms with Crippen LogP contribution in [-0.2, 0) is 32.6 Å². The quantitative estimate of drug-likeness (QED) is 0.451. The van der Waals surface area contributed by atoms with Gasteiger partial charge in [0.05, 0.1) is 10.6 Å². The van der Waals surface area contributed by atoms with Crippen LogP contribution in [0, 0.1) is 6.92 Å². The lowest BCUT2D eigenvalue weighted by Crippen LogP contribution is -2.51. The molecule has 1 N–H and O–H groups in total. The van der Waals surface area contributed by atoms with Crippen LogP contribution >= 0.6 is 0 Å². The number of hydrogen-bond donors (Lipinski definition) is 1. The van der Waals surface area contributed by atoms with Gasteiger partial charge in [-0.3, -0.25) is 13.9 Å². The first-order valence-corrected chi connectivity index (χ1v) is 13.4. The minimum atomic E-state index is -4.06. The summed E-state index contributed by atoms with van der Waals surface area (Å²) in [5, 5.41) is 2.60. The van der Waals surface area contributed by atoms with Crippen LogP contribution in [-0.4, -0.2) is 44.8 Å². The molecular formula is C28H33N3O4S. The van der Waals surface area contributed by atoms with Crippen LogP contribution in [0.2, 0.25) is 0 Å². The fourth-order valence-corrected chi connectivity index (χ4v) is 5.52. The first-order chi connectivity index (χ1) is 17.2. The molecule has 0 aromatic heterocycles. The van der Waals surface area contributed by atoms with E-state index in [-0.39, 0.29) is 17.3 Å². The molecule has 3 aromatic carbocycles. The maximum atomic E-state index is 13.8. The Hall–Kier alpha value is -3.65. The number of anilines is 1. The number of carbonyl (C=O) groups excluding carboxylic acids is 2. The zero-order valence-corrected chi connectivity index (χ0v) is 22.0. The Morgan fingerprint density at radius 2 is 1.47 bits per heavy atom. The van der Waals surface area contributed by atoms with Crippen molar-refractivity contribution >= 4 is 27.5 Å². The number of carbonyl (C=O) groups is 2. The van der Waals surface area contributed by atoms with Crippen LogP contribution in [0.1, 0.15) is 30.5 Å². The van der Waals surface area contributed by atoms with Crippen molar-refractivity contribution in [3.63, 3.8) is 0 Å². The van der Waals surface area contributed by atoms with Gasteiger partial charge >= 0.3 is 0 Å². The highest BCUT2D eigenvalue weighted by molar-refractivity contribution is 7.92. The number of rotatable bonds is 10. The largest absolute Gasteiger partial charge is 0.357 e. The van der Waals surface area contributed by atoms with E-state index in [2.05, 4.69) is 5.32 Å². The third kappa shape index (κ3) is 5.94. The standard InChI is InChI=1S/C28H33N3O4S/c1-5-23-14-11-12-18-26(23)31(36(34,35)25-16-7-6-8-17-25)20-27(32)30(22(3)28(33)29-4)19-24-15-10-9-13-21(24)2/h6-18,22H,5,19-20H2,1-4H3,(H,29,33). The number of likely N-dealkylation sites (N-methyl/N-ethyl adjacent to an activating group) is 1. The predicted molar refractivity (Wildman–Crippen MR) is 142 cm³/mol. The Morgan fingerprint density at radius 3 is 2.08 bits per heavy atom. The van der Waals surface area contributed by atoms with Crippen LogP contribution in [0.5, 0.6) is 0 Å². The zero-order valence-electron chi connectivity index (χ0n) is 21.1. The van der Waals surface area contributed by atoms with Gasteiger partial charge < -0.3 is 10.2 Å². The highest BCUT2D eigenvalue weighted by Crippen LogP contribution is 2.28. The molecule has 0 bridgehead atoms. The van der Waals surface area contributed by atoms with E-state index in [1.54, 1.807) is 37.3 Å². The van der Waals surface area contributed by atoms with E-state index in [1.807, 2.05) is 50.2 Å². The van der Waals surface area contributed by atoms with Gasteiger partial charge in [0.2, 0.25) is 11.8 Å². The molecule has 3 rings (SSSR count). The molecule has 0 aliphatic rings. The van der Waals surface area contributed by atoms with Crippen molar-refractivity contribution < 1.29 is 18.0 Å². The molecule has 1 unspecified atom stereocenters. The fraction of sp³-hybridized carbons (Fsp3) is 0.286. The molecule has 7 nitrogen and oxygen atoms in total. The van der Waals surface area contributed by atoms with Crippen molar-refractivity contribution in [1.82, 2.24) is 10.2 Å². The van der Waals surface area contributed by atoms with Gasteiger partial charge in [-0.15, -0.1) is 0 Å². The van der Waals surface area contributed by atoms with E-state index in [1.165, 1.54) is 24.1 Å². The van der Waals surface area contributed by atoms with Gasteiger partial charge in [-0.2, -0.15) is 0 Å². The summed E-state index contributed by atoms with van der Waals surface area (Å²) in [5.41, 5.74) is 3.10. The van der Waals surface area contributed by atoms with Crippen LogP contribution in [0.4, 0.5) is 5.69 Å². The highest BCUT2D eigenvalue weighted by Gasteiger charge is 2.33. The number of para-hydroxylation sites is 1. The molecule has 2 amide bonds. The number of benzene rings is 3. The summed E-state index contributed by atoms with van der Waals surface area (Å²) in [7, 11) is -2.55. The second-order valence-corrected chi connectivity index (χ2v) is 10.4. The number of aryl methyl sites for hydroxylation is 2. The third-order valence-electron chi connectivity index (χ3n) is 6.27. The maximum Gasteiger partial charge on any atom is 0.264 e. The molecule has 0 aliphatic carbocycles. The number of hydrogen-bond acceptors (Lipinski definition) is 4. The first kappa shape index (κ1) is 26.9. The van der Waals surface area contributed by atoms with Gasteiger partial charge in [0, 0.05) is 13.6 Å². The van der Waals surface area contributed by atoms with E-state index < -0.39 is 28.5 Å². The summed E-state index contributed by atoms with van der Waals surface area (Å²) < 4.78 is 28.8. The average Bonchev–Trinajstić information content (AvgIpc) is 2.90. The molecule has 8 heteroatoms. The smallest absolute Gasteiger partial charge is 0.264 e. The molecule has 3 aromatic rings. The second kappa shape index (κ2) is 11.9. The lowest BCUT2D eigenvalue weighted by molar-refractivity contribution is -0.139. The number of nitrogens with zero attached hydrogens (tertiary/aromatic N) is 2. The Labute approximate surface area is 213 Å². The Morgan fingerprint density at radius 1 is 0.889 bits per heavy atom. The molecule has 0 saturated carbocycles. The van der Waals surface area contributed by atoms with Gasteiger partial charge in [-0.25, -0.2) is 8.42 Å². The van der Waals surface area contributed by atoms with E-state index in [9.17, 15) is 18.0 Å². The lowest BCUT2D eigenvalue weighted by atomic mass is 10.1. The van der Waals surface area contributed by atoms with E-state index >= 15 is 0 Å². The molecule has 0 fully saturated rings. The minimum absolute atomic E-state index is 0.0912. The fourth-order valence-electron chi connectivity index (χ4n) is 4.05. The van der Waals surface area contributed by atoms with Crippen molar-refractivity contribution in [3.8, 4) is 0 Å². The maximum absolute atomic E-state index is 13.8. The molecule has 0 radical (unpaired) electrons. The summed E-state index contributed by atoms with van der Waals surface area (Å²) in [6, 6.07) is 22.0. The van der Waals surface area contributed by atoms with Crippen molar-refractivity contribution in [3.05, 3.63) is 95.6 Å². The minimum Gasteiger partial charge on any atom is -0.357 e. The number of amides is 2. The van der Waals surface area contributed by atoms with Crippen molar-refractivity contribution in [2.75, 3.05) is 17.9 Å². The topological polar surface area (TPSA) is 86.8 Å². The van der Waals surface area contributed by atoms with Gasteiger partial charge in [0.25, 0.3) is 10.0 Å². The summed E-state index contributed by atoms with van der Waals surface area (Å²) in [6.07, 6.45) is 0.590. The molecule has 0 aliphatic heterocycles. The predicted octanol–water partition coefficient (Wildman–Crippen LogP) is 3.92.